The monoisotopic (exact) mass is 394 g/mol. The molecule has 0 bridgehead atoms. The molecule has 3 aliphatic rings. The Bertz CT molecular complexity index is 874. The van der Waals surface area contributed by atoms with Crippen molar-refractivity contribution in [1.82, 2.24) is 5.32 Å². The lowest BCUT2D eigenvalue weighted by molar-refractivity contribution is -0.144. The Morgan fingerprint density at radius 3 is 2.41 bits per heavy atom. The maximum atomic E-state index is 13.2. The highest BCUT2D eigenvalue weighted by molar-refractivity contribution is 6.03. The van der Waals surface area contributed by atoms with E-state index < -0.39 is 0 Å². The van der Waals surface area contributed by atoms with E-state index in [0.29, 0.717) is 12.0 Å². The summed E-state index contributed by atoms with van der Waals surface area (Å²) < 4.78 is 5.87. The van der Waals surface area contributed by atoms with Crippen LogP contribution in [0.3, 0.4) is 0 Å². The first-order chi connectivity index (χ1) is 14.0. The molecular weight excluding hydrogens is 364 g/mol. The molecule has 1 aromatic carbocycles. The molecule has 0 amide bonds. The van der Waals surface area contributed by atoms with Crippen molar-refractivity contribution in [3.05, 3.63) is 52.4 Å². The van der Waals surface area contributed by atoms with Gasteiger partial charge in [-0.1, -0.05) is 12.1 Å². The molecule has 1 fully saturated rings. The fourth-order valence-electron chi connectivity index (χ4n) is 4.77. The van der Waals surface area contributed by atoms with E-state index in [1.54, 1.807) is 0 Å². The smallest absolute Gasteiger partial charge is 0.337 e. The van der Waals surface area contributed by atoms with Crippen molar-refractivity contribution >= 4 is 17.4 Å². The fraction of sp³-hybridized carbons (Fsp3) is 0.500. The lowest BCUT2D eigenvalue weighted by atomic mass is 9.75. The molecule has 0 saturated heterocycles. The van der Waals surface area contributed by atoms with Gasteiger partial charge in [0, 0.05) is 49.1 Å². The highest BCUT2D eigenvalue weighted by Crippen LogP contribution is 2.43. The number of hydrogen-bond donors (Lipinski definition) is 1. The number of esters is 1. The minimum Gasteiger partial charge on any atom is -0.459 e. The first-order valence-corrected chi connectivity index (χ1v) is 10.7. The number of nitrogens with zero attached hydrogens (tertiary/aromatic N) is 1. The lowest BCUT2D eigenvalue weighted by Crippen LogP contribution is -2.35. The normalized spacial score (nSPS) is 22.4. The van der Waals surface area contributed by atoms with Gasteiger partial charge in [0.05, 0.1) is 5.57 Å². The third-order valence-electron chi connectivity index (χ3n) is 6.31. The van der Waals surface area contributed by atoms with Crippen LogP contribution in [0.5, 0.6) is 0 Å². The van der Waals surface area contributed by atoms with Gasteiger partial charge in [0.1, 0.15) is 6.10 Å². The molecule has 2 aliphatic carbocycles. The molecule has 4 rings (SSSR count). The molecule has 154 valence electrons. The molecule has 5 nitrogen and oxygen atoms in total. The number of ether oxygens (including phenoxy) is 1. The van der Waals surface area contributed by atoms with Gasteiger partial charge in [-0.2, -0.15) is 0 Å². The van der Waals surface area contributed by atoms with Crippen LogP contribution >= 0.6 is 0 Å². The Labute approximate surface area is 172 Å². The molecule has 0 radical (unpaired) electrons. The Kier molecular flexibility index (Phi) is 5.48. The van der Waals surface area contributed by atoms with Gasteiger partial charge >= 0.3 is 5.97 Å². The summed E-state index contributed by atoms with van der Waals surface area (Å²) in [6.45, 7) is 1.93. The number of nitrogens with one attached hydrogen (secondary N) is 1. The van der Waals surface area contributed by atoms with E-state index >= 15 is 0 Å². The van der Waals surface area contributed by atoms with Crippen LogP contribution in [0.25, 0.3) is 0 Å². The average molecular weight is 395 g/mol. The van der Waals surface area contributed by atoms with Crippen LogP contribution in [0, 0.1) is 0 Å². The predicted molar refractivity (Wildman–Crippen MR) is 114 cm³/mol. The van der Waals surface area contributed by atoms with E-state index in [9.17, 15) is 9.59 Å². The number of rotatable bonds is 4. The first kappa shape index (κ1) is 19.7. The number of dihydropyridines is 1. The van der Waals surface area contributed by atoms with Gasteiger partial charge in [-0.25, -0.2) is 4.79 Å². The van der Waals surface area contributed by atoms with Crippen molar-refractivity contribution in [3.63, 3.8) is 0 Å². The summed E-state index contributed by atoms with van der Waals surface area (Å²) in [5.41, 5.74) is 5.17. The molecule has 1 N–H and O–H groups in total. The lowest BCUT2D eigenvalue weighted by Gasteiger charge is -2.34. The standard InChI is InChI=1S/C24H30N2O3/c1-15-21(24(28)29-18-7-4-5-8-18)22(16-11-13-17(14-12-16)26(2)3)23-19(25-15)9-6-10-20(23)27/h11-14,18,22,25H,4-10H2,1-3H3. The number of ketones is 1. The second-order valence-corrected chi connectivity index (χ2v) is 8.56. The van der Waals surface area contributed by atoms with Crippen molar-refractivity contribution in [1.29, 1.82) is 0 Å². The highest BCUT2D eigenvalue weighted by atomic mass is 16.5. The third kappa shape index (κ3) is 3.83. The molecule has 1 heterocycles. The van der Waals surface area contributed by atoms with E-state index in [-0.39, 0.29) is 23.8 Å². The van der Waals surface area contributed by atoms with Gasteiger partial charge in [-0.3, -0.25) is 4.79 Å². The van der Waals surface area contributed by atoms with Crippen LogP contribution in [0.15, 0.2) is 46.8 Å². The van der Waals surface area contributed by atoms with Crippen LogP contribution in [-0.4, -0.2) is 32.0 Å². The average Bonchev–Trinajstić information content (AvgIpc) is 3.20. The first-order valence-electron chi connectivity index (χ1n) is 10.7. The van der Waals surface area contributed by atoms with E-state index in [2.05, 4.69) is 5.32 Å². The topological polar surface area (TPSA) is 58.6 Å². The maximum absolute atomic E-state index is 13.2. The molecule has 1 unspecified atom stereocenters. The quantitative estimate of drug-likeness (QED) is 0.776. The molecule has 0 aromatic heterocycles. The van der Waals surface area contributed by atoms with E-state index in [4.69, 9.17) is 4.74 Å². The molecule has 1 saturated carbocycles. The molecule has 0 spiro atoms. The van der Waals surface area contributed by atoms with Crippen LogP contribution in [0.4, 0.5) is 5.69 Å². The van der Waals surface area contributed by atoms with Gasteiger partial charge in [0.15, 0.2) is 5.78 Å². The van der Waals surface area contributed by atoms with E-state index in [0.717, 1.165) is 66.7 Å². The Morgan fingerprint density at radius 1 is 1.07 bits per heavy atom. The second-order valence-electron chi connectivity index (χ2n) is 8.56. The van der Waals surface area contributed by atoms with Crippen molar-refractivity contribution in [2.45, 2.75) is 63.9 Å². The Hall–Kier alpha value is -2.56. The summed E-state index contributed by atoms with van der Waals surface area (Å²) >= 11 is 0. The summed E-state index contributed by atoms with van der Waals surface area (Å²) in [6, 6.07) is 8.15. The highest BCUT2D eigenvalue weighted by Gasteiger charge is 2.39. The Morgan fingerprint density at radius 2 is 1.76 bits per heavy atom. The van der Waals surface area contributed by atoms with Crippen molar-refractivity contribution < 1.29 is 14.3 Å². The van der Waals surface area contributed by atoms with Gasteiger partial charge < -0.3 is 15.0 Å². The Balaban J connectivity index is 1.74. The van der Waals surface area contributed by atoms with Gasteiger partial charge in [-0.15, -0.1) is 0 Å². The summed E-state index contributed by atoms with van der Waals surface area (Å²) in [4.78, 5) is 28.2. The van der Waals surface area contributed by atoms with Crippen molar-refractivity contribution in [2.75, 3.05) is 19.0 Å². The molecule has 1 aliphatic heterocycles. The zero-order chi connectivity index (χ0) is 20.5. The van der Waals surface area contributed by atoms with Gasteiger partial charge in [-0.05, 0) is 63.1 Å². The number of Topliss-reactive ketones (excluding diaryl/α,β-unsaturated/α-hetero) is 1. The number of benzene rings is 1. The number of anilines is 1. The van der Waals surface area contributed by atoms with Crippen molar-refractivity contribution in [3.8, 4) is 0 Å². The maximum Gasteiger partial charge on any atom is 0.337 e. The second kappa shape index (κ2) is 8.05. The predicted octanol–water partition coefficient (Wildman–Crippen LogP) is 4.21. The summed E-state index contributed by atoms with van der Waals surface area (Å²) in [5.74, 6) is -0.503. The molecular formula is C24H30N2O3. The van der Waals surface area contributed by atoms with E-state index in [1.165, 1.54) is 0 Å². The molecule has 1 aromatic rings. The molecule has 1 atom stereocenters. The van der Waals surface area contributed by atoms with Crippen LogP contribution in [0.2, 0.25) is 0 Å². The number of carbonyl (C=O) groups excluding carboxylic acids is 2. The van der Waals surface area contributed by atoms with Crippen molar-refractivity contribution in [2.24, 2.45) is 0 Å². The largest absolute Gasteiger partial charge is 0.459 e. The van der Waals surface area contributed by atoms with Crippen LogP contribution in [-0.2, 0) is 14.3 Å². The minimum absolute atomic E-state index is 0.00278. The summed E-state index contributed by atoms with van der Waals surface area (Å²) in [5, 5.41) is 3.36. The van der Waals surface area contributed by atoms with Gasteiger partial charge in [0.2, 0.25) is 0 Å². The minimum atomic E-state index is -0.357. The van der Waals surface area contributed by atoms with Crippen LogP contribution < -0.4 is 10.2 Å². The zero-order valence-electron chi connectivity index (χ0n) is 17.6. The summed E-state index contributed by atoms with van der Waals surface area (Å²) in [7, 11) is 4.00. The summed E-state index contributed by atoms with van der Waals surface area (Å²) in [6.07, 6.45) is 6.31. The number of carbonyl (C=O) groups is 2. The van der Waals surface area contributed by atoms with Crippen LogP contribution in [0.1, 0.15) is 63.4 Å². The molecule has 29 heavy (non-hydrogen) atoms. The fourth-order valence-corrected chi connectivity index (χ4v) is 4.77. The third-order valence-corrected chi connectivity index (χ3v) is 6.31. The SMILES string of the molecule is CC1=C(C(=O)OC2CCCC2)C(c2ccc(N(C)C)cc2)C2=C(CCCC2=O)N1. The van der Waals surface area contributed by atoms with E-state index in [1.807, 2.05) is 50.2 Å². The zero-order valence-corrected chi connectivity index (χ0v) is 17.6. The van der Waals surface area contributed by atoms with Gasteiger partial charge in [0.25, 0.3) is 0 Å². The number of hydrogen-bond acceptors (Lipinski definition) is 5. The number of allylic oxidation sites excluding steroid dienone is 3. The molecule has 5 heteroatoms.